The number of hydrogen-bond donors (Lipinski definition) is 1. The van der Waals surface area contributed by atoms with Crippen molar-refractivity contribution in [3.05, 3.63) is 35.4 Å². The number of carbonyl (C=O) groups excluding carboxylic acids is 1. The van der Waals surface area contributed by atoms with Crippen LogP contribution in [0.5, 0.6) is 0 Å². The number of carbonyl (C=O) groups is 1. The number of hydrogen-bond acceptors (Lipinski definition) is 4. The molecule has 1 N–H and O–H groups in total. The number of nitrogens with zero attached hydrogens (tertiary/aromatic N) is 3. The van der Waals surface area contributed by atoms with Crippen LogP contribution in [0.3, 0.4) is 0 Å². The maximum atomic E-state index is 13.0. The molecule has 11 heteroatoms. The van der Waals surface area contributed by atoms with Gasteiger partial charge in [-0.2, -0.15) is 13.2 Å². The molecular weight excluding hydrogens is 540 g/mol. The summed E-state index contributed by atoms with van der Waals surface area (Å²) >= 11 is 0. The number of ether oxygens (including phenoxy) is 2. The molecule has 2 fully saturated rings. The van der Waals surface area contributed by atoms with E-state index in [1.54, 1.807) is 20.2 Å². The smallest absolute Gasteiger partial charge is 0.375 e. The maximum absolute atomic E-state index is 13.0. The number of guanidine groups is 1. The van der Waals surface area contributed by atoms with Gasteiger partial charge in [-0.1, -0.05) is 12.1 Å². The van der Waals surface area contributed by atoms with E-state index in [1.807, 2.05) is 4.90 Å². The van der Waals surface area contributed by atoms with E-state index in [4.69, 9.17) is 9.47 Å². The van der Waals surface area contributed by atoms with Crippen LogP contribution in [0.25, 0.3) is 0 Å². The summed E-state index contributed by atoms with van der Waals surface area (Å²) in [6.07, 6.45) is -2.56. The number of amides is 1. The van der Waals surface area contributed by atoms with Gasteiger partial charge in [-0.15, -0.1) is 24.0 Å². The van der Waals surface area contributed by atoms with E-state index < -0.39 is 11.7 Å². The highest BCUT2D eigenvalue weighted by Crippen LogP contribution is 2.29. The highest BCUT2D eigenvalue weighted by molar-refractivity contribution is 14.0. The first-order valence-corrected chi connectivity index (χ1v) is 10.4. The zero-order valence-corrected chi connectivity index (χ0v) is 20.6. The van der Waals surface area contributed by atoms with Crippen molar-refractivity contribution in [1.82, 2.24) is 15.1 Å². The van der Waals surface area contributed by atoms with Crippen molar-refractivity contribution in [2.75, 3.05) is 46.9 Å². The van der Waals surface area contributed by atoms with Crippen molar-refractivity contribution < 1.29 is 27.4 Å². The summed E-state index contributed by atoms with van der Waals surface area (Å²) in [6.45, 7) is 2.40. The minimum atomic E-state index is -4.41. The molecule has 0 bridgehead atoms. The molecule has 2 heterocycles. The molecule has 32 heavy (non-hydrogen) atoms. The molecule has 0 spiro atoms. The van der Waals surface area contributed by atoms with E-state index in [1.165, 1.54) is 11.0 Å². The van der Waals surface area contributed by atoms with Gasteiger partial charge in [0, 0.05) is 33.8 Å². The Morgan fingerprint density at radius 3 is 2.66 bits per heavy atom. The Bertz CT molecular complexity index is 786. The standard InChI is InChI=1S/C21H29F3N4O3.HI/c1-27(2)19(29)13-26-20(25-12-15-5-3-6-16(11-15)21(22,23)24)28-8-10-31-18(14-28)17-7-4-9-30-17;/h3,5-6,11,17-18H,4,7-10,12-14H2,1-2H3,(H,25,26);1H. The van der Waals surface area contributed by atoms with Gasteiger partial charge in [0.05, 0.1) is 31.4 Å². The number of morpholine rings is 1. The fourth-order valence-electron chi connectivity index (χ4n) is 3.58. The lowest BCUT2D eigenvalue weighted by Crippen LogP contribution is -2.54. The molecule has 2 saturated heterocycles. The lowest BCUT2D eigenvalue weighted by molar-refractivity contribution is -0.137. The highest BCUT2D eigenvalue weighted by atomic mass is 127. The van der Waals surface area contributed by atoms with Crippen LogP contribution in [-0.4, -0.2) is 80.8 Å². The Morgan fingerprint density at radius 1 is 1.25 bits per heavy atom. The van der Waals surface area contributed by atoms with Crippen molar-refractivity contribution in [3.8, 4) is 0 Å². The number of benzene rings is 1. The lowest BCUT2D eigenvalue weighted by atomic mass is 10.1. The highest BCUT2D eigenvalue weighted by Gasteiger charge is 2.33. The van der Waals surface area contributed by atoms with Gasteiger partial charge in [0.2, 0.25) is 5.91 Å². The number of likely N-dealkylation sites (N-methyl/N-ethyl adjacent to an activating group) is 1. The van der Waals surface area contributed by atoms with Gasteiger partial charge in [0.1, 0.15) is 6.10 Å². The third-order valence-electron chi connectivity index (χ3n) is 5.33. The third kappa shape index (κ3) is 7.48. The first-order chi connectivity index (χ1) is 14.7. The fourth-order valence-corrected chi connectivity index (χ4v) is 3.58. The topological polar surface area (TPSA) is 66.4 Å². The monoisotopic (exact) mass is 570 g/mol. The van der Waals surface area contributed by atoms with E-state index in [9.17, 15) is 18.0 Å². The van der Waals surface area contributed by atoms with Gasteiger partial charge >= 0.3 is 6.18 Å². The molecule has 2 aliphatic rings. The Morgan fingerprint density at radius 2 is 2.00 bits per heavy atom. The minimum absolute atomic E-state index is 0. The average Bonchev–Trinajstić information content (AvgIpc) is 3.28. The molecule has 1 aromatic rings. The van der Waals surface area contributed by atoms with Gasteiger partial charge in [0.25, 0.3) is 0 Å². The van der Waals surface area contributed by atoms with Gasteiger partial charge in [0.15, 0.2) is 5.96 Å². The van der Waals surface area contributed by atoms with E-state index in [2.05, 4.69) is 10.3 Å². The molecular formula is C21H30F3IN4O3. The summed E-state index contributed by atoms with van der Waals surface area (Å²) in [7, 11) is 3.32. The molecule has 2 unspecified atom stereocenters. The SMILES string of the molecule is CN(C)C(=O)CNC(=NCc1cccc(C(F)(F)F)c1)N1CCOC(C2CCCO2)C1.I. The summed E-state index contributed by atoms with van der Waals surface area (Å²) in [5, 5.41) is 3.06. The van der Waals surface area contributed by atoms with Crippen LogP contribution in [0.4, 0.5) is 13.2 Å². The van der Waals surface area contributed by atoms with Crippen molar-refractivity contribution >= 4 is 35.8 Å². The van der Waals surface area contributed by atoms with E-state index in [0.717, 1.165) is 31.6 Å². The Labute approximate surface area is 203 Å². The van der Waals surface area contributed by atoms with Crippen LogP contribution in [-0.2, 0) is 27.0 Å². The Balaban J connectivity index is 0.00000363. The van der Waals surface area contributed by atoms with Crippen molar-refractivity contribution in [3.63, 3.8) is 0 Å². The zero-order chi connectivity index (χ0) is 22.4. The third-order valence-corrected chi connectivity index (χ3v) is 5.33. The summed E-state index contributed by atoms with van der Waals surface area (Å²) in [5.74, 6) is 0.342. The summed E-state index contributed by atoms with van der Waals surface area (Å²) in [5.41, 5.74) is -0.265. The minimum Gasteiger partial charge on any atom is -0.375 e. The number of alkyl halides is 3. The quantitative estimate of drug-likeness (QED) is 0.335. The summed E-state index contributed by atoms with van der Waals surface area (Å²) in [6, 6.07) is 5.12. The van der Waals surface area contributed by atoms with Crippen molar-refractivity contribution in [1.29, 1.82) is 0 Å². The lowest BCUT2D eigenvalue weighted by Gasteiger charge is -2.37. The van der Waals surface area contributed by atoms with E-state index >= 15 is 0 Å². The second-order valence-corrected chi connectivity index (χ2v) is 7.89. The summed E-state index contributed by atoms with van der Waals surface area (Å²) < 4.78 is 50.6. The molecule has 0 saturated carbocycles. The molecule has 0 aromatic heterocycles. The first-order valence-electron chi connectivity index (χ1n) is 10.4. The van der Waals surface area contributed by atoms with Gasteiger partial charge in [-0.05, 0) is 30.5 Å². The van der Waals surface area contributed by atoms with Gasteiger partial charge in [-0.25, -0.2) is 4.99 Å². The molecule has 7 nitrogen and oxygen atoms in total. The molecule has 180 valence electrons. The summed E-state index contributed by atoms with van der Waals surface area (Å²) in [4.78, 5) is 20.0. The molecule has 1 amide bonds. The van der Waals surface area contributed by atoms with Gasteiger partial charge in [-0.3, -0.25) is 4.79 Å². The molecule has 2 atom stereocenters. The van der Waals surface area contributed by atoms with Crippen LogP contribution in [0.1, 0.15) is 24.0 Å². The first kappa shape index (κ1) is 26.7. The van der Waals surface area contributed by atoms with Crippen LogP contribution in [0.15, 0.2) is 29.3 Å². The predicted octanol–water partition coefficient (Wildman–Crippen LogP) is 2.74. The number of aliphatic imine (C=N–C) groups is 1. The molecule has 0 radical (unpaired) electrons. The van der Waals surface area contributed by atoms with E-state index in [-0.39, 0.29) is 55.2 Å². The maximum Gasteiger partial charge on any atom is 0.416 e. The van der Waals surface area contributed by atoms with Crippen LogP contribution >= 0.6 is 24.0 Å². The number of nitrogens with one attached hydrogen (secondary N) is 1. The van der Waals surface area contributed by atoms with Crippen LogP contribution < -0.4 is 5.32 Å². The Hall–Kier alpha value is -1.60. The normalized spacial score (nSPS) is 21.8. The second-order valence-electron chi connectivity index (χ2n) is 7.89. The van der Waals surface area contributed by atoms with Crippen molar-refractivity contribution in [2.45, 2.75) is 37.8 Å². The van der Waals surface area contributed by atoms with Crippen LogP contribution in [0.2, 0.25) is 0 Å². The molecule has 3 rings (SSSR count). The van der Waals surface area contributed by atoms with Crippen molar-refractivity contribution in [2.24, 2.45) is 4.99 Å². The molecule has 1 aromatic carbocycles. The number of rotatable bonds is 5. The van der Waals surface area contributed by atoms with E-state index in [0.29, 0.717) is 31.2 Å². The van der Waals surface area contributed by atoms with Gasteiger partial charge < -0.3 is 24.6 Å². The number of halogens is 4. The molecule has 2 aliphatic heterocycles. The van der Waals surface area contributed by atoms with Crippen LogP contribution in [0, 0.1) is 0 Å². The Kier molecular flexibility index (Phi) is 10.0. The fraction of sp³-hybridized carbons (Fsp3) is 0.619. The molecule has 0 aliphatic carbocycles. The average molecular weight is 570 g/mol. The second kappa shape index (κ2) is 12.0. The largest absolute Gasteiger partial charge is 0.416 e. The predicted molar refractivity (Wildman–Crippen MR) is 125 cm³/mol. The zero-order valence-electron chi connectivity index (χ0n) is 18.2.